The number of esters is 1. The molecule has 0 aromatic rings. The molecule has 0 spiro atoms. The molecule has 0 aromatic carbocycles. The van der Waals surface area contributed by atoms with E-state index in [1.54, 1.807) is 0 Å². The third kappa shape index (κ3) is 24.7. The van der Waals surface area contributed by atoms with E-state index in [-0.39, 0.29) is 25.6 Å². The van der Waals surface area contributed by atoms with Gasteiger partial charge in [-0.15, -0.1) is 12.4 Å². The number of carbonyl (C=O) groups is 1. The first-order valence-corrected chi connectivity index (χ1v) is 4.22. The fourth-order valence-corrected chi connectivity index (χ4v) is 0.305. The van der Waals surface area contributed by atoms with Crippen LogP contribution in [0.1, 0.15) is 0 Å². The summed E-state index contributed by atoms with van der Waals surface area (Å²) in [5, 5.41) is 8.77. The van der Waals surface area contributed by atoms with Crippen molar-refractivity contribution in [3.63, 3.8) is 0 Å². The summed E-state index contributed by atoms with van der Waals surface area (Å²) in [6, 6.07) is 0. The monoisotopic (exact) mass is 240 g/mol. The van der Waals surface area contributed by atoms with Gasteiger partial charge in [0.05, 0.1) is 0 Å². The summed E-state index contributed by atoms with van der Waals surface area (Å²) in [5.41, 5.74) is 5.03. The van der Waals surface area contributed by atoms with Gasteiger partial charge in [0.15, 0.2) is 0 Å². The number of halogens is 1. The van der Waals surface area contributed by atoms with Gasteiger partial charge in [0, 0.05) is 12.6 Å². The molecule has 6 heteroatoms. The van der Waals surface area contributed by atoms with Crippen LogP contribution >= 0.6 is 12.4 Å². The van der Waals surface area contributed by atoms with Crippen molar-refractivity contribution in [3.05, 3.63) is 12.7 Å². The summed E-state index contributed by atoms with van der Waals surface area (Å²) < 4.78 is 4.46. The Morgan fingerprint density at radius 2 is 2.00 bits per heavy atom. The molecule has 0 saturated heterocycles. The average Bonchev–Trinajstić information content (AvgIpc) is 2.12. The molecular formula is C9H21ClN2O3. The van der Waals surface area contributed by atoms with Gasteiger partial charge in [0.2, 0.25) is 0 Å². The van der Waals surface area contributed by atoms with Crippen molar-refractivity contribution in [1.82, 2.24) is 4.90 Å². The zero-order valence-corrected chi connectivity index (χ0v) is 10.3. The minimum atomic E-state index is -0.774. The first-order valence-electron chi connectivity index (χ1n) is 4.22. The van der Waals surface area contributed by atoms with Crippen molar-refractivity contribution in [2.45, 2.75) is 6.10 Å². The van der Waals surface area contributed by atoms with Crippen LogP contribution in [0.4, 0.5) is 0 Å². The molecule has 3 N–H and O–H groups in total. The second-order valence-corrected chi connectivity index (χ2v) is 3.07. The Morgan fingerprint density at radius 1 is 1.60 bits per heavy atom. The Labute approximate surface area is 97.3 Å². The Kier molecular flexibility index (Phi) is 17.7. The van der Waals surface area contributed by atoms with Gasteiger partial charge < -0.3 is 20.5 Å². The van der Waals surface area contributed by atoms with Gasteiger partial charge in [-0.2, -0.15) is 0 Å². The molecule has 15 heavy (non-hydrogen) atoms. The standard InChI is InChI=1S/C6H11NO3.C3H9N.ClH/c1-2-6(9)10-4-5(8)3-7;1-4(2)3;/h2,5,8H,1,3-4,7H2;1-3H3;1H. The van der Waals surface area contributed by atoms with Crippen molar-refractivity contribution < 1.29 is 14.6 Å². The van der Waals surface area contributed by atoms with Gasteiger partial charge >= 0.3 is 5.97 Å². The number of ether oxygens (including phenoxy) is 1. The van der Waals surface area contributed by atoms with E-state index in [9.17, 15) is 4.79 Å². The Hall–Kier alpha value is -0.620. The van der Waals surface area contributed by atoms with Crippen molar-refractivity contribution in [2.75, 3.05) is 34.3 Å². The van der Waals surface area contributed by atoms with Crippen LogP contribution in [0.5, 0.6) is 0 Å². The van der Waals surface area contributed by atoms with Crippen molar-refractivity contribution in [3.8, 4) is 0 Å². The fourth-order valence-electron chi connectivity index (χ4n) is 0.305. The lowest BCUT2D eigenvalue weighted by molar-refractivity contribution is -0.140. The molecule has 0 heterocycles. The van der Waals surface area contributed by atoms with E-state index < -0.39 is 12.1 Å². The molecule has 0 amide bonds. The van der Waals surface area contributed by atoms with Crippen molar-refractivity contribution in [1.29, 1.82) is 0 Å². The van der Waals surface area contributed by atoms with Gasteiger partial charge in [0.1, 0.15) is 12.7 Å². The van der Waals surface area contributed by atoms with E-state index in [4.69, 9.17) is 10.8 Å². The highest BCUT2D eigenvalue weighted by molar-refractivity contribution is 5.85. The van der Waals surface area contributed by atoms with E-state index in [2.05, 4.69) is 11.3 Å². The van der Waals surface area contributed by atoms with Gasteiger partial charge in [-0.05, 0) is 21.1 Å². The van der Waals surface area contributed by atoms with Crippen molar-refractivity contribution in [2.24, 2.45) is 5.73 Å². The van der Waals surface area contributed by atoms with E-state index in [0.717, 1.165) is 6.08 Å². The van der Waals surface area contributed by atoms with E-state index in [0.29, 0.717) is 0 Å². The molecule has 0 bridgehead atoms. The van der Waals surface area contributed by atoms with Crippen LogP contribution in [0.3, 0.4) is 0 Å². The number of nitrogens with zero attached hydrogens (tertiary/aromatic N) is 1. The number of aliphatic hydroxyl groups excluding tert-OH is 1. The van der Waals surface area contributed by atoms with Gasteiger partial charge in [-0.1, -0.05) is 6.58 Å². The molecule has 0 fully saturated rings. The number of aliphatic hydroxyl groups is 1. The minimum Gasteiger partial charge on any atom is -0.460 e. The third-order valence-corrected chi connectivity index (χ3v) is 0.857. The predicted molar refractivity (Wildman–Crippen MR) is 63.1 cm³/mol. The lowest BCUT2D eigenvalue weighted by Crippen LogP contribution is -2.26. The molecule has 0 aromatic heterocycles. The second kappa shape index (κ2) is 13.4. The maximum atomic E-state index is 10.3. The largest absolute Gasteiger partial charge is 0.460 e. The molecule has 0 saturated carbocycles. The van der Waals surface area contributed by atoms with Gasteiger partial charge in [-0.25, -0.2) is 4.79 Å². The number of hydrogen-bond acceptors (Lipinski definition) is 5. The number of nitrogens with two attached hydrogens (primary N) is 1. The zero-order chi connectivity index (χ0) is 11.6. The number of rotatable bonds is 4. The SMILES string of the molecule is C=CC(=O)OCC(O)CN.CN(C)C.Cl. The summed E-state index contributed by atoms with van der Waals surface area (Å²) in [4.78, 5) is 12.3. The number of carbonyl (C=O) groups excluding carboxylic acids is 1. The van der Waals surface area contributed by atoms with Gasteiger partial charge in [0.25, 0.3) is 0 Å². The van der Waals surface area contributed by atoms with Crippen LogP contribution in [0.25, 0.3) is 0 Å². The topological polar surface area (TPSA) is 75.8 Å². The van der Waals surface area contributed by atoms with Crippen LogP contribution in [-0.2, 0) is 9.53 Å². The Morgan fingerprint density at radius 3 is 2.27 bits per heavy atom. The first-order chi connectivity index (χ1) is 6.43. The molecule has 0 aliphatic rings. The molecule has 92 valence electrons. The maximum Gasteiger partial charge on any atom is 0.330 e. The zero-order valence-electron chi connectivity index (χ0n) is 9.47. The summed E-state index contributed by atoms with van der Waals surface area (Å²) in [5.74, 6) is -0.549. The van der Waals surface area contributed by atoms with Crippen LogP contribution in [0, 0.1) is 0 Å². The Balaban J connectivity index is -0.000000249. The second-order valence-electron chi connectivity index (χ2n) is 3.07. The summed E-state index contributed by atoms with van der Waals surface area (Å²) in [6.45, 7) is 3.20. The molecule has 0 aliphatic heterocycles. The van der Waals surface area contributed by atoms with Crippen molar-refractivity contribution >= 4 is 18.4 Å². The average molecular weight is 241 g/mol. The maximum absolute atomic E-state index is 10.3. The fraction of sp³-hybridized carbons (Fsp3) is 0.667. The number of hydrogen-bond donors (Lipinski definition) is 2. The van der Waals surface area contributed by atoms with Crippen LogP contribution < -0.4 is 5.73 Å². The van der Waals surface area contributed by atoms with Crippen LogP contribution in [-0.4, -0.2) is 56.4 Å². The van der Waals surface area contributed by atoms with Crippen LogP contribution in [0.15, 0.2) is 12.7 Å². The van der Waals surface area contributed by atoms with E-state index in [1.807, 2.05) is 26.0 Å². The minimum absolute atomic E-state index is 0. The normalized spacial score (nSPS) is 10.5. The lowest BCUT2D eigenvalue weighted by Gasteiger charge is -2.05. The third-order valence-electron chi connectivity index (χ3n) is 0.857. The predicted octanol–water partition coefficient (Wildman–Crippen LogP) is -0.365. The molecule has 0 radical (unpaired) electrons. The van der Waals surface area contributed by atoms with Crippen LogP contribution in [0.2, 0.25) is 0 Å². The first kappa shape index (κ1) is 19.9. The Bertz CT molecular complexity index is 163. The molecule has 1 atom stereocenters. The van der Waals surface area contributed by atoms with Gasteiger partial charge in [-0.3, -0.25) is 0 Å². The summed E-state index contributed by atoms with van der Waals surface area (Å²) >= 11 is 0. The summed E-state index contributed by atoms with van der Waals surface area (Å²) in [6.07, 6.45) is 0.257. The molecule has 5 nitrogen and oxygen atoms in total. The molecule has 0 rings (SSSR count). The van der Waals surface area contributed by atoms with E-state index >= 15 is 0 Å². The summed E-state index contributed by atoms with van der Waals surface area (Å²) in [7, 11) is 6.00. The lowest BCUT2D eigenvalue weighted by atomic mass is 10.4. The smallest absolute Gasteiger partial charge is 0.330 e. The molecule has 1 unspecified atom stereocenters. The molecular weight excluding hydrogens is 220 g/mol. The van der Waals surface area contributed by atoms with E-state index in [1.165, 1.54) is 0 Å². The highest BCUT2D eigenvalue weighted by atomic mass is 35.5. The molecule has 0 aliphatic carbocycles. The highest BCUT2D eigenvalue weighted by Gasteiger charge is 2.02. The highest BCUT2D eigenvalue weighted by Crippen LogP contribution is 1.83. The quantitative estimate of drug-likeness (QED) is 0.518.